The highest BCUT2D eigenvalue weighted by Gasteiger charge is 2.31. The molecule has 0 amide bonds. The second-order valence-corrected chi connectivity index (χ2v) is 6.80. The van der Waals surface area contributed by atoms with Gasteiger partial charge in [-0.1, -0.05) is 18.2 Å². The molecule has 1 fully saturated rings. The quantitative estimate of drug-likeness (QED) is 0.695. The average molecular weight is 407 g/mol. The van der Waals surface area contributed by atoms with Crippen LogP contribution in [0.1, 0.15) is 11.1 Å². The first kappa shape index (κ1) is 21.4. The fraction of sp³-hybridized carbons (Fsp3) is 0.300. The molecule has 27 heavy (non-hydrogen) atoms. The highest BCUT2D eigenvalue weighted by atomic mass is 35.5. The molecule has 0 radical (unpaired) electrons. The summed E-state index contributed by atoms with van der Waals surface area (Å²) in [5.41, 5.74) is 9.16. The third-order valence-electron chi connectivity index (χ3n) is 4.96. The van der Waals surface area contributed by atoms with Crippen LogP contribution in [0.25, 0.3) is 10.9 Å². The predicted molar refractivity (Wildman–Crippen MR) is 113 cm³/mol. The standard InChI is InChI=1S/C20H22N4O.2ClH/c21-20-9-14(5-7-23-20)11-24-12-16(19(25)13-24)10-15-6-8-22-18-4-2-1-3-17(15)18;;/h1-9,16,19,25H,10-13H2,(H2,21,23);2*1H/t16-,19+;;/m1../s1. The molecule has 1 aliphatic heterocycles. The van der Waals surface area contributed by atoms with E-state index in [1.54, 1.807) is 6.20 Å². The summed E-state index contributed by atoms with van der Waals surface area (Å²) in [6.07, 6.45) is 4.14. The SMILES string of the molecule is Cl.Cl.Nc1cc(CN2C[C@@H](Cc3ccnc4ccccc34)[C@@H](O)C2)ccn1. The molecule has 0 unspecified atom stereocenters. The molecule has 0 bridgehead atoms. The van der Waals surface area contributed by atoms with Crippen molar-refractivity contribution in [3.8, 4) is 0 Å². The number of nitrogens with two attached hydrogens (primary N) is 1. The Balaban J connectivity index is 0.00000131. The second kappa shape index (κ2) is 9.33. The zero-order chi connectivity index (χ0) is 17.2. The molecular weight excluding hydrogens is 383 g/mol. The number of hydrogen-bond donors (Lipinski definition) is 2. The van der Waals surface area contributed by atoms with E-state index in [4.69, 9.17) is 5.73 Å². The number of hydrogen-bond acceptors (Lipinski definition) is 5. The van der Waals surface area contributed by atoms with Gasteiger partial charge in [-0.05, 0) is 41.8 Å². The van der Waals surface area contributed by atoms with Gasteiger partial charge in [0.1, 0.15) is 5.82 Å². The van der Waals surface area contributed by atoms with Crippen LogP contribution in [-0.2, 0) is 13.0 Å². The molecule has 3 N–H and O–H groups in total. The number of halogens is 2. The summed E-state index contributed by atoms with van der Waals surface area (Å²) in [6.45, 7) is 2.35. The first-order valence-electron chi connectivity index (χ1n) is 8.62. The molecule has 144 valence electrons. The Labute approximate surface area is 171 Å². The second-order valence-electron chi connectivity index (χ2n) is 6.80. The number of nitrogen functional groups attached to an aromatic ring is 1. The largest absolute Gasteiger partial charge is 0.391 e. The molecule has 4 rings (SSSR count). The highest BCUT2D eigenvalue weighted by Crippen LogP contribution is 2.26. The van der Waals surface area contributed by atoms with E-state index >= 15 is 0 Å². The van der Waals surface area contributed by atoms with Crippen LogP contribution in [0.15, 0.2) is 54.9 Å². The Morgan fingerprint density at radius 2 is 1.81 bits per heavy atom. The lowest BCUT2D eigenvalue weighted by Gasteiger charge is -2.16. The molecule has 7 heteroatoms. The van der Waals surface area contributed by atoms with Crippen molar-refractivity contribution in [2.75, 3.05) is 18.8 Å². The first-order valence-corrected chi connectivity index (χ1v) is 8.62. The number of fused-ring (bicyclic) bond motifs is 1. The van der Waals surface area contributed by atoms with Crippen LogP contribution in [0.4, 0.5) is 5.82 Å². The predicted octanol–water partition coefficient (Wildman–Crippen LogP) is 3.09. The van der Waals surface area contributed by atoms with Gasteiger partial charge in [0.15, 0.2) is 0 Å². The molecule has 3 heterocycles. The third-order valence-corrected chi connectivity index (χ3v) is 4.96. The van der Waals surface area contributed by atoms with Gasteiger partial charge < -0.3 is 10.8 Å². The molecule has 0 spiro atoms. The molecule has 3 aromatic rings. The molecule has 5 nitrogen and oxygen atoms in total. The van der Waals surface area contributed by atoms with E-state index in [0.29, 0.717) is 12.4 Å². The van der Waals surface area contributed by atoms with E-state index in [1.165, 1.54) is 10.9 Å². The van der Waals surface area contributed by atoms with Crippen molar-refractivity contribution >= 4 is 41.5 Å². The van der Waals surface area contributed by atoms with Crippen LogP contribution in [0.3, 0.4) is 0 Å². The van der Waals surface area contributed by atoms with Gasteiger partial charge in [-0.3, -0.25) is 9.88 Å². The van der Waals surface area contributed by atoms with Crippen molar-refractivity contribution in [3.05, 3.63) is 66.0 Å². The zero-order valence-electron chi connectivity index (χ0n) is 14.9. The summed E-state index contributed by atoms with van der Waals surface area (Å²) in [7, 11) is 0. The number of aromatic nitrogens is 2. The number of aliphatic hydroxyl groups is 1. The third kappa shape index (κ3) is 4.87. The molecule has 0 aliphatic carbocycles. The number of anilines is 1. The summed E-state index contributed by atoms with van der Waals surface area (Å²) < 4.78 is 0. The van der Waals surface area contributed by atoms with Crippen molar-refractivity contribution < 1.29 is 5.11 Å². The minimum Gasteiger partial charge on any atom is -0.391 e. The van der Waals surface area contributed by atoms with Crippen molar-refractivity contribution in [2.24, 2.45) is 5.92 Å². The van der Waals surface area contributed by atoms with Crippen LogP contribution in [0.2, 0.25) is 0 Å². The maximum absolute atomic E-state index is 10.5. The van der Waals surface area contributed by atoms with Gasteiger partial charge in [-0.2, -0.15) is 0 Å². The van der Waals surface area contributed by atoms with Gasteiger partial charge in [0.05, 0.1) is 11.6 Å². The molecule has 2 atom stereocenters. The van der Waals surface area contributed by atoms with Crippen LogP contribution in [0, 0.1) is 5.92 Å². The molecule has 1 saturated heterocycles. The monoisotopic (exact) mass is 406 g/mol. The summed E-state index contributed by atoms with van der Waals surface area (Å²) in [5, 5.41) is 11.7. The Morgan fingerprint density at radius 1 is 1.04 bits per heavy atom. The molecular formula is C20H24Cl2N4O. The van der Waals surface area contributed by atoms with E-state index in [-0.39, 0.29) is 36.8 Å². The summed E-state index contributed by atoms with van der Waals surface area (Å²) in [5.74, 6) is 0.766. The fourth-order valence-corrected chi connectivity index (χ4v) is 3.74. The number of aliphatic hydroxyl groups excluding tert-OH is 1. The van der Waals surface area contributed by atoms with Crippen LogP contribution in [-0.4, -0.2) is 39.2 Å². The maximum Gasteiger partial charge on any atom is 0.123 e. The zero-order valence-corrected chi connectivity index (χ0v) is 16.5. The van der Waals surface area contributed by atoms with Crippen molar-refractivity contribution in [2.45, 2.75) is 19.1 Å². The number of β-amino-alcohol motifs (C(OH)–C–C–N with tert-alkyl or cyclic N) is 1. The van der Waals surface area contributed by atoms with Gasteiger partial charge in [-0.25, -0.2) is 4.98 Å². The number of pyridine rings is 2. The lowest BCUT2D eigenvalue weighted by atomic mass is 9.94. The Kier molecular flexibility index (Phi) is 7.39. The fourth-order valence-electron chi connectivity index (χ4n) is 3.74. The topological polar surface area (TPSA) is 75.3 Å². The smallest absolute Gasteiger partial charge is 0.123 e. The molecule has 2 aromatic heterocycles. The van der Waals surface area contributed by atoms with Crippen molar-refractivity contribution in [1.29, 1.82) is 0 Å². The Hall–Kier alpha value is -1.92. The van der Waals surface area contributed by atoms with Gasteiger partial charge in [0.2, 0.25) is 0 Å². The number of benzene rings is 1. The summed E-state index contributed by atoms with van der Waals surface area (Å²) in [4.78, 5) is 10.7. The van der Waals surface area contributed by atoms with E-state index < -0.39 is 0 Å². The molecule has 1 aliphatic rings. The van der Waals surface area contributed by atoms with Crippen LogP contribution >= 0.6 is 24.8 Å². The lowest BCUT2D eigenvalue weighted by Crippen LogP contribution is -2.21. The number of rotatable bonds is 4. The number of likely N-dealkylation sites (tertiary alicyclic amines) is 1. The summed E-state index contributed by atoms with van der Waals surface area (Å²) >= 11 is 0. The van der Waals surface area contributed by atoms with Crippen LogP contribution < -0.4 is 5.73 Å². The summed E-state index contributed by atoms with van der Waals surface area (Å²) in [6, 6.07) is 14.1. The van der Waals surface area contributed by atoms with E-state index in [9.17, 15) is 5.11 Å². The normalized spacial score (nSPS) is 19.4. The van der Waals surface area contributed by atoms with E-state index in [1.807, 2.05) is 36.5 Å². The van der Waals surface area contributed by atoms with Crippen molar-refractivity contribution in [3.63, 3.8) is 0 Å². The van der Waals surface area contributed by atoms with Gasteiger partial charge in [0.25, 0.3) is 0 Å². The number of nitrogens with zero attached hydrogens (tertiary/aromatic N) is 3. The maximum atomic E-state index is 10.5. The highest BCUT2D eigenvalue weighted by molar-refractivity contribution is 5.85. The minimum atomic E-state index is -0.314. The first-order chi connectivity index (χ1) is 12.2. The minimum absolute atomic E-state index is 0. The Morgan fingerprint density at radius 3 is 2.63 bits per heavy atom. The average Bonchev–Trinajstić information content (AvgIpc) is 2.94. The Bertz CT molecular complexity index is 887. The van der Waals surface area contributed by atoms with Crippen molar-refractivity contribution in [1.82, 2.24) is 14.9 Å². The van der Waals surface area contributed by atoms with Gasteiger partial charge in [0, 0.05) is 43.3 Å². The van der Waals surface area contributed by atoms with E-state index in [2.05, 4.69) is 27.0 Å². The molecule has 0 saturated carbocycles. The number of para-hydroxylation sites is 1. The van der Waals surface area contributed by atoms with E-state index in [0.717, 1.165) is 30.6 Å². The van der Waals surface area contributed by atoms with Gasteiger partial charge >= 0.3 is 0 Å². The molecule has 1 aromatic carbocycles. The lowest BCUT2D eigenvalue weighted by molar-refractivity contribution is 0.141. The van der Waals surface area contributed by atoms with Crippen LogP contribution in [0.5, 0.6) is 0 Å². The van der Waals surface area contributed by atoms with Gasteiger partial charge in [-0.15, -0.1) is 24.8 Å².